The van der Waals surface area contributed by atoms with Crippen molar-refractivity contribution in [3.05, 3.63) is 49.1 Å². The maximum absolute atomic E-state index is 13.1. The van der Waals surface area contributed by atoms with Crippen molar-refractivity contribution in [3.8, 4) is 5.75 Å². The van der Waals surface area contributed by atoms with Crippen molar-refractivity contribution < 1.29 is 24.0 Å². The van der Waals surface area contributed by atoms with E-state index in [-0.39, 0.29) is 12.2 Å². The van der Waals surface area contributed by atoms with E-state index in [4.69, 9.17) is 9.15 Å². The third-order valence-corrected chi connectivity index (χ3v) is 7.55. The number of thiophene rings is 1. The van der Waals surface area contributed by atoms with Gasteiger partial charge in [-0.05, 0) is 63.2 Å². The molecule has 2 heterocycles. The highest BCUT2D eigenvalue weighted by Gasteiger charge is 2.27. The molecule has 0 bridgehead atoms. The fourth-order valence-corrected chi connectivity index (χ4v) is 6.08. The molecule has 0 fully saturated rings. The quantitative estimate of drug-likeness (QED) is 0.221. The van der Waals surface area contributed by atoms with Crippen LogP contribution in [-0.2, 0) is 30.4 Å². The van der Waals surface area contributed by atoms with Crippen LogP contribution in [0.15, 0.2) is 15.5 Å². The summed E-state index contributed by atoms with van der Waals surface area (Å²) in [5.74, 6) is -0.328. The van der Waals surface area contributed by atoms with Gasteiger partial charge in [-0.2, -0.15) is 0 Å². The van der Waals surface area contributed by atoms with Crippen LogP contribution in [0.3, 0.4) is 0 Å². The molecule has 0 unspecified atom stereocenters. The van der Waals surface area contributed by atoms with Crippen molar-refractivity contribution in [1.82, 2.24) is 0 Å². The second-order valence-electron chi connectivity index (χ2n) is 8.35. The van der Waals surface area contributed by atoms with Crippen LogP contribution in [0, 0.1) is 10.1 Å². The number of esters is 1. The fraction of sp³-hybridized carbons (Fsp3) is 0.417. The Morgan fingerprint density at radius 3 is 2.70 bits per heavy atom. The number of nitrogens with zero attached hydrogens (tertiary/aromatic N) is 2. The topological polar surface area (TPSA) is 118 Å². The number of ether oxygens (including phenoxy) is 1. The Kier molecular flexibility index (Phi) is 5.65. The summed E-state index contributed by atoms with van der Waals surface area (Å²) in [7, 11) is 0. The van der Waals surface area contributed by atoms with Gasteiger partial charge < -0.3 is 14.3 Å². The number of carbonyl (C=O) groups is 1. The first-order valence-electron chi connectivity index (χ1n) is 11.3. The molecular formula is C24H23N2O6S-. The predicted octanol–water partition coefficient (Wildman–Crippen LogP) is 5.16. The number of aliphatic imine (C=N–C) groups is 1. The summed E-state index contributed by atoms with van der Waals surface area (Å²) < 4.78 is 11.2. The lowest BCUT2D eigenvalue weighted by Gasteiger charge is -2.14. The number of furan rings is 1. The van der Waals surface area contributed by atoms with E-state index in [9.17, 15) is 20.0 Å². The summed E-state index contributed by atoms with van der Waals surface area (Å²) in [6.45, 7) is 2.01. The molecular weight excluding hydrogens is 444 g/mol. The number of fused-ring (bicyclic) bond motifs is 4. The summed E-state index contributed by atoms with van der Waals surface area (Å²) in [4.78, 5) is 29.3. The van der Waals surface area contributed by atoms with Crippen molar-refractivity contribution in [2.24, 2.45) is 4.99 Å². The Bertz CT molecular complexity index is 1300. The molecule has 172 valence electrons. The Morgan fingerprint density at radius 1 is 1.21 bits per heavy atom. The van der Waals surface area contributed by atoms with E-state index in [1.165, 1.54) is 23.6 Å². The number of hydrogen-bond acceptors (Lipinski definition) is 8. The van der Waals surface area contributed by atoms with Crippen molar-refractivity contribution >= 4 is 45.2 Å². The monoisotopic (exact) mass is 467 g/mol. The first kappa shape index (κ1) is 21.6. The van der Waals surface area contributed by atoms with Crippen LogP contribution in [0.1, 0.15) is 70.3 Å². The Hall–Kier alpha value is -3.20. The van der Waals surface area contributed by atoms with E-state index < -0.39 is 22.3 Å². The second-order valence-corrected chi connectivity index (χ2v) is 9.43. The normalized spacial score (nSPS) is 15.5. The first-order chi connectivity index (χ1) is 16.0. The van der Waals surface area contributed by atoms with Gasteiger partial charge in [-0.3, -0.25) is 10.1 Å². The number of carbonyl (C=O) groups excluding carboxylic acids is 1. The molecule has 0 aliphatic heterocycles. The van der Waals surface area contributed by atoms with Gasteiger partial charge in [0.1, 0.15) is 16.3 Å². The van der Waals surface area contributed by atoms with Gasteiger partial charge in [-0.25, -0.2) is 9.79 Å². The minimum atomic E-state index is -0.690. The molecule has 8 nitrogen and oxygen atoms in total. The summed E-state index contributed by atoms with van der Waals surface area (Å²) in [5.41, 5.74) is 2.31. The van der Waals surface area contributed by atoms with Crippen molar-refractivity contribution in [2.45, 2.75) is 58.3 Å². The zero-order valence-electron chi connectivity index (χ0n) is 18.3. The number of hydrogen-bond donors (Lipinski definition) is 0. The SMILES string of the molecule is CCOC(=O)c1c(N=Cc2c([O-])c([N+](=O)[O-])cc3oc4c(c23)CCCC4)sc2c1CCCC2. The summed E-state index contributed by atoms with van der Waals surface area (Å²) >= 11 is 1.43. The molecule has 3 aromatic rings. The van der Waals surface area contributed by atoms with E-state index in [1.54, 1.807) is 6.92 Å². The molecule has 33 heavy (non-hydrogen) atoms. The van der Waals surface area contributed by atoms with Crippen LogP contribution < -0.4 is 5.11 Å². The second kappa shape index (κ2) is 8.62. The minimum Gasteiger partial charge on any atom is -0.867 e. The van der Waals surface area contributed by atoms with Gasteiger partial charge in [0.2, 0.25) is 0 Å². The van der Waals surface area contributed by atoms with E-state index in [2.05, 4.69) is 4.99 Å². The Morgan fingerprint density at radius 2 is 1.94 bits per heavy atom. The van der Waals surface area contributed by atoms with Gasteiger partial charge >= 0.3 is 5.97 Å². The number of nitro groups is 1. The molecule has 0 N–H and O–H groups in total. The average molecular weight is 468 g/mol. The highest BCUT2D eigenvalue weighted by atomic mass is 32.1. The lowest BCUT2D eigenvalue weighted by molar-refractivity contribution is -0.398. The molecule has 5 rings (SSSR count). The van der Waals surface area contributed by atoms with Crippen molar-refractivity contribution in [2.75, 3.05) is 6.61 Å². The summed E-state index contributed by atoms with van der Waals surface area (Å²) in [6, 6.07) is 1.22. The van der Waals surface area contributed by atoms with Crippen LogP contribution in [0.5, 0.6) is 5.75 Å². The standard InChI is InChI=1S/C24H24N2O6S/c1-2-31-24(28)21-14-8-4-6-10-19(14)33-23(21)25-12-15-20-13-7-3-5-9-17(13)32-18(20)11-16(22(15)27)26(29)30/h11-12,27H,2-10H2,1H3/p-1. The van der Waals surface area contributed by atoms with Crippen LogP contribution in [-0.4, -0.2) is 23.7 Å². The smallest absolute Gasteiger partial charge is 0.341 e. The van der Waals surface area contributed by atoms with E-state index >= 15 is 0 Å². The zero-order valence-corrected chi connectivity index (χ0v) is 19.1. The molecule has 2 aliphatic carbocycles. The summed E-state index contributed by atoms with van der Waals surface area (Å²) in [5, 5.41) is 25.7. The van der Waals surface area contributed by atoms with Crippen LogP contribution in [0.25, 0.3) is 11.0 Å². The number of aryl methyl sites for hydroxylation is 3. The van der Waals surface area contributed by atoms with Gasteiger partial charge in [-0.1, -0.05) is 0 Å². The molecule has 0 spiro atoms. The van der Waals surface area contributed by atoms with Crippen molar-refractivity contribution in [1.29, 1.82) is 0 Å². The number of nitro benzene ring substituents is 1. The molecule has 9 heteroatoms. The van der Waals surface area contributed by atoms with E-state index in [0.717, 1.165) is 73.1 Å². The Labute approximate surface area is 194 Å². The van der Waals surface area contributed by atoms with Gasteiger partial charge in [0.15, 0.2) is 0 Å². The largest absolute Gasteiger partial charge is 0.867 e. The number of rotatable bonds is 5. The van der Waals surface area contributed by atoms with E-state index in [1.807, 2.05) is 0 Å². The maximum Gasteiger partial charge on any atom is 0.341 e. The van der Waals surface area contributed by atoms with Gasteiger partial charge in [0, 0.05) is 34.0 Å². The molecule has 0 atom stereocenters. The van der Waals surface area contributed by atoms with Crippen LogP contribution >= 0.6 is 11.3 Å². The molecule has 0 saturated heterocycles. The molecule has 2 aliphatic rings. The minimum absolute atomic E-state index is 0.146. The maximum atomic E-state index is 13.1. The molecule has 0 radical (unpaired) electrons. The summed E-state index contributed by atoms with van der Waals surface area (Å²) in [6.07, 6.45) is 8.54. The lowest BCUT2D eigenvalue weighted by atomic mass is 9.93. The van der Waals surface area contributed by atoms with Crippen LogP contribution in [0.2, 0.25) is 0 Å². The Balaban J connectivity index is 1.68. The van der Waals surface area contributed by atoms with Crippen LogP contribution in [0.4, 0.5) is 10.7 Å². The van der Waals surface area contributed by atoms with E-state index in [0.29, 0.717) is 21.5 Å². The highest BCUT2D eigenvalue weighted by Crippen LogP contribution is 2.43. The number of benzene rings is 1. The fourth-order valence-electron chi connectivity index (χ4n) is 4.86. The third-order valence-electron chi connectivity index (χ3n) is 6.35. The molecule has 1 aromatic carbocycles. The zero-order chi connectivity index (χ0) is 23.1. The van der Waals surface area contributed by atoms with Gasteiger partial charge in [0.25, 0.3) is 5.69 Å². The van der Waals surface area contributed by atoms with Gasteiger partial charge in [-0.15, -0.1) is 11.3 Å². The average Bonchev–Trinajstić information content (AvgIpc) is 3.36. The van der Waals surface area contributed by atoms with Gasteiger partial charge in [0.05, 0.1) is 23.2 Å². The molecule has 0 saturated carbocycles. The van der Waals surface area contributed by atoms with Crippen molar-refractivity contribution in [3.63, 3.8) is 0 Å². The predicted molar refractivity (Wildman–Crippen MR) is 123 cm³/mol. The third kappa shape index (κ3) is 3.70. The highest BCUT2D eigenvalue weighted by molar-refractivity contribution is 7.16. The molecule has 0 amide bonds. The lowest BCUT2D eigenvalue weighted by Crippen LogP contribution is -2.09. The molecule has 2 aromatic heterocycles. The first-order valence-corrected chi connectivity index (χ1v) is 12.1.